The molecule has 0 N–H and O–H groups in total. The predicted molar refractivity (Wildman–Crippen MR) is 117 cm³/mol. The van der Waals surface area contributed by atoms with E-state index < -0.39 is 0 Å². The molecule has 0 radical (unpaired) electrons. The second-order valence-corrected chi connectivity index (χ2v) is 6.99. The van der Waals surface area contributed by atoms with Gasteiger partial charge in [-0.05, 0) is 62.3 Å². The summed E-state index contributed by atoms with van der Waals surface area (Å²) in [6.45, 7) is 3.39. The van der Waals surface area contributed by atoms with Gasteiger partial charge in [0.25, 0.3) is 0 Å². The zero-order chi connectivity index (χ0) is 19.3. The molecule has 0 aliphatic carbocycles. The van der Waals surface area contributed by atoms with E-state index in [-0.39, 0.29) is 18.4 Å². The number of nitrogens with zero attached hydrogens (tertiary/aromatic N) is 2. The summed E-state index contributed by atoms with van der Waals surface area (Å²) in [4.78, 5) is 19.9. The molecule has 0 unspecified atom stereocenters. The first-order valence-electron chi connectivity index (χ1n) is 9.68. The third kappa shape index (κ3) is 4.86. The Balaban J connectivity index is 0.00000240. The Kier molecular flexibility index (Phi) is 7.07. The highest BCUT2D eigenvalue weighted by Crippen LogP contribution is 2.26. The Labute approximate surface area is 177 Å². The van der Waals surface area contributed by atoms with Crippen LogP contribution in [0.15, 0.2) is 54.6 Å². The lowest BCUT2D eigenvalue weighted by atomic mass is 10.0. The summed E-state index contributed by atoms with van der Waals surface area (Å²) >= 11 is 0. The van der Waals surface area contributed by atoms with Crippen LogP contribution >= 0.6 is 12.4 Å². The van der Waals surface area contributed by atoms with Gasteiger partial charge in [0.15, 0.2) is 0 Å². The second kappa shape index (κ2) is 9.72. The Morgan fingerprint density at radius 2 is 1.79 bits per heavy atom. The molecule has 0 amide bonds. The van der Waals surface area contributed by atoms with Crippen molar-refractivity contribution >= 4 is 29.3 Å². The van der Waals surface area contributed by atoms with Crippen LogP contribution in [-0.2, 0) is 4.74 Å². The van der Waals surface area contributed by atoms with Crippen molar-refractivity contribution in [2.75, 3.05) is 33.4 Å². The van der Waals surface area contributed by atoms with E-state index in [1.165, 1.54) is 12.8 Å². The quantitative estimate of drug-likeness (QED) is 0.554. The number of ether oxygens (including phenoxy) is 2. The summed E-state index contributed by atoms with van der Waals surface area (Å²) in [5.74, 6) is 0.485. The fourth-order valence-electron chi connectivity index (χ4n) is 3.61. The van der Waals surface area contributed by atoms with Gasteiger partial charge < -0.3 is 9.47 Å². The van der Waals surface area contributed by atoms with Crippen LogP contribution in [0.5, 0.6) is 5.75 Å². The lowest BCUT2D eigenvalue weighted by molar-refractivity contribution is 0.0474. The number of para-hydroxylation sites is 1. The number of pyridine rings is 1. The summed E-state index contributed by atoms with van der Waals surface area (Å²) in [5.41, 5.74) is 3.01. The topological polar surface area (TPSA) is 51.7 Å². The third-order valence-corrected chi connectivity index (χ3v) is 5.16. The first-order valence-corrected chi connectivity index (χ1v) is 9.68. The average molecular weight is 413 g/mol. The van der Waals surface area contributed by atoms with Gasteiger partial charge in [-0.3, -0.25) is 4.90 Å². The van der Waals surface area contributed by atoms with E-state index in [4.69, 9.17) is 14.5 Å². The molecule has 29 heavy (non-hydrogen) atoms. The van der Waals surface area contributed by atoms with Gasteiger partial charge in [0.05, 0.1) is 23.9 Å². The number of carbonyl (C=O) groups excluding carboxylic acids is 1. The summed E-state index contributed by atoms with van der Waals surface area (Å²) < 4.78 is 10.8. The van der Waals surface area contributed by atoms with Crippen LogP contribution in [0.3, 0.4) is 0 Å². The average Bonchev–Trinajstić information content (AvgIpc) is 3.26. The number of carbonyl (C=O) groups is 1. The van der Waals surface area contributed by atoms with Crippen molar-refractivity contribution in [2.24, 2.45) is 0 Å². The molecular weight excluding hydrogens is 388 g/mol. The van der Waals surface area contributed by atoms with Gasteiger partial charge in [-0.25, -0.2) is 9.78 Å². The summed E-state index contributed by atoms with van der Waals surface area (Å²) in [6.07, 6.45) is 2.46. The highest BCUT2D eigenvalue weighted by molar-refractivity contribution is 6.04. The fourth-order valence-corrected chi connectivity index (χ4v) is 3.61. The number of aromatic nitrogens is 1. The molecule has 5 nitrogen and oxygen atoms in total. The zero-order valence-electron chi connectivity index (χ0n) is 16.5. The number of fused-ring (bicyclic) bond motifs is 1. The summed E-state index contributed by atoms with van der Waals surface area (Å²) in [6, 6.07) is 17.2. The molecular formula is C23H25ClN2O3. The van der Waals surface area contributed by atoms with Gasteiger partial charge in [0.1, 0.15) is 12.4 Å². The van der Waals surface area contributed by atoms with Crippen molar-refractivity contribution in [2.45, 2.75) is 12.8 Å². The Morgan fingerprint density at radius 3 is 2.52 bits per heavy atom. The van der Waals surface area contributed by atoms with Gasteiger partial charge in [-0.1, -0.05) is 18.2 Å². The van der Waals surface area contributed by atoms with Crippen molar-refractivity contribution in [3.05, 3.63) is 60.2 Å². The van der Waals surface area contributed by atoms with Crippen LogP contribution in [-0.4, -0.2) is 49.2 Å². The fraction of sp³-hybridized carbons (Fsp3) is 0.304. The maximum Gasteiger partial charge on any atom is 0.338 e. The monoisotopic (exact) mass is 412 g/mol. The zero-order valence-corrected chi connectivity index (χ0v) is 17.3. The Hall–Kier alpha value is -2.63. The molecule has 1 saturated heterocycles. The number of hydrogen-bond acceptors (Lipinski definition) is 5. The molecule has 2 heterocycles. The lowest BCUT2D eigenvalue weighted by Gasteiger charge is -2.15. The molecule has 1 aliphatic heterocycles. The highest BCUT2D eigenvalue weighted by Gasteiger charge is 2.17. The molecule has 0 spiro atoms. The number of halogens is 1. The number of rotatable bonds is 6. The van der Waals surface area contributed by atoms with Gasteiger partial charge in [0.2, 0.25) is 0 Å². The number of benzene rings is 2. The van der Waals surface area contributed by atoms with Crippen LogP contribution in [0.4, 0.5) is 0 Å². The van der Waals surface area contributed by atoms with Crippen LogP contribution in [0, 0.1) is 0 Å². The van der Waals surface area contributed by atoms with Gasteiger partial charge in [-0.15, -0.1) is 12.4 Å². The number of esters is 1. The molecule has 2 aromatic carbocycles. The van der Waals surface area contributed by atoms with E-state index in [2.05, 4.69) is 4.90 Å². The van der Waals surface area contributed by atoms with E-state index in [1.54, 1.807) is 7.11 Å². The van der Waals surface area contributed by atoms with E-state index in [9.17, 15) is 4.79 Å². The van der Waals surface area contributed by atoms with Crippen LogP contribution in [0.25, 0.3) is 22.2 Å². The smallest absolute Gasteiger partial charge is 0.338 e. The first kappa shape index (κ1) is 21.1. The molecule has 0 atom stereocenters. The molecule has 1 fully saturated rings. The van der Waals surface area contributed by atoms with Crippen molar-refractivity contribution in [3.63, 3.8) is 0 Å². The minimum atomic E-state index is -0.299. The highest BCUT2D eigenvalue weighted by atomic mass is 35.5. The van der Waals surface area contributed by atoms with Crippen molar-refractivity contribution in [1.82, 2.24) is 9.88 Å². The van der Waals surface area contributed by atoms with Crippen LogP contribution in [0.1, 0.15) is 23.2 Å². The van der Waals surface area contributed by atoms with Gasteiger partial charge in [0, 0.05) is 17.5 Å². The lowest BCUT2D eigenvalue weighted by Crippen LogP contribution is -2.25. The Morgan fingerprint density at radius 1 is 1.07 bits per heavy atom. The van der Waals surface area contributed by atoms with Crippen LogP contribution in [0.2, 0.25) is 0 Å². The SMILES string of the molecule is COc1ccc(-c2cc(C(=O)OCCN3CCCC3)c3ccccc3n2)cc1.Cl. The van der Waals surface area contributed by atoms with E-state index >= 15 is 0 Å². The first-order chi connectivity index (χ1) is 13.7. The van der Waals surface area contributed by atoms with E-state index in [0.29, 0.717) is 12.2 Å². The normalized spacial score (nSPS) is 13.8. The molecule has 3 aromatic rings. The molecule has 6 heteroatoms. The minimum absolute atomic E-state index is 0. The van der Waals surface area contributed by atoms with Crippen molar-refractivity contribution in [1.29, 1.82) is 0 Å². The maximum absolute atomic E-state index is 12.8. The second-order valence-electron chi connectivity index (χ2n) is 6.99. The Bertz CT molecular complexity index is 970. The molecule has 0 bridgehead atoms. The molecule has 4 rings (SSSR count). The molecule has 1 aliphatic rings. The number of hydrogen-bond donors (Lipinski definition) is 0. The molecule has 0 saturated carbocycles. The van der Waals surface area contributed by atoms with Gasteiger partial charge in [-0.2, -0.15) is 0 Å². The van der Waals surface area contributed by atoms with Crippen LogP contribution < -0.4 is 4.74 Å². The molecule has 152 valence electrons. The van der Waals surface area contributed by atoms with Crippen molar-refractivity contribution in [3.8, 4) is 17.0 Å². The van der Waals surface area contributed by atoms with Crippen molar-refractivity contribution < 1.29 is 14.3 Å². The predicted octanol–water partition coefficient (Wildman–Crippen LogP) is 4.58. The largest absolute Gasteiger partial charge is 0.497 e. The van der Waals surface area contributed by atoms with E-state index in [1.807, 2.05) is 54.6 Å². The summed E-state index contributed by atoms with van der Waals surface area (Å²) in [7, 11) is 1.64. The third-order valence-electron chi connectivity index (χ3n) is 5.16. The summed E-state index contributed by atoms with van der Waals surface area (Å²) in [5, 5.41) is 0.811. The van der Waals surface area contributed by atoms with Gasteiger partial charge >= 0.3 is 5.97 Å². The minimum Gasteiger partial charge on any atom is -0.497 e. The van der Waals surface area contributed by atoms with E-state index in [0.717, 1.165) is 47.5 Å². The molecule has 1 aromatic heterocycles. The number of methoxy groups -OCH3 is 1. The number of likely N-dealkylation sites (tertiary alicyclic amines) is 1. The maximum atomic E-state index is 12.8. The standard InChI is InChI=1S/C23H24N2O3.ClH/c1-27-18-10-8-17(9-11-18)22-16-20(19-6-2-3-7-21(19)24-22)23(26)28-15-14-25-12-4-5-13-25;/h2-3,6-11,16H,4-5,12-15H2,1H3;1H.